The minimum Gasteiger partial charge on any atom is -0.743 e. The minimum absolute atomic E-state index is 0. The predicted octanol–water partition coefficient (Wildman–Crippen LogP) is 3.26. The quantitative estimate of drug-likeness (QED) is 0.462. The molecule has 0 fully saturated rings. The summed E-state index contributed by atoms with van der Waals surface area (Å²) < 4.78 is 115. The Morgan fingerprint density at radius 1 is 0.842 bits per heavy atom. The Hall–Kier alpha value is -0.620. The van der Waals surface area contributed by atoms with E-state index in [2.05, 4.69) is 0 Å². The fourth-order valence-electron chi connectivity index (χ4n) is 1.00. The minimum atomic E-state index is -6.58. The number of rotatable bonds is 6. The largest absolute Gasteiger partial charge is 0.743 e. The van der Waals surface area contributed by atoms with Crippen LogP contribution in [0.4, 0.5) is 30.7 Å². The van der Waals surface area contributed by atoms with Crippen LogP contribution in [0.15, 0.2) is 0 Å². The smallest absolute Gasteiger partial charge is 0.396 e. The highest BCUT2D eigenvalue weighted by Gasteiger charge is 2.60. The lowest BCUT2D eigenvalue weighted by Crippen LogP contribution is -2.46. The zero-order valence-electron chi connectivity index (χ0n) is 9.61. The van der Waals surface area contributed by atoms with Crippen LogP contribution < -0.4 is 6.15 Å². The van der Waals surface area contributed by atoms with Gasteiger partial charge in [-0.1, -0.05) is 0 Å². The molecular weight excluding hydrogens is 311 g/mol. The number of hydrogen-bond acceptors (Lipinski definition) is 3. The summed E-state index contributed by atoms with van der Waals surface area (Å²) in [6, 6.07) is 0. The SMILES string of the molecule is O=S(=O)([O-])C(F)(F)C(F)(F)CCCCC(F)(F)F.[NH4+]. The van der Waals surface area contributed by atoms with Crippen LogP contribution in [0.2, 0.25) is 0 Å². The monoisotopic (exact) mass is 323 g/mol. The summed E-state index contributed by atoms with van der Waals surface area (Å²) in [4.78, 5) is 0. The molecule has 0 unspecified atom stereocenters. The summed E-state index contributed by atoms with van der Waals surface area (Å²) in [5, 5.41) is -5.84. The molecule has 0 aliphatic rings. The van der Waals surface area contributed by atoms with Gasteiger partial charge in [-0.15, -0.1) is 0 Å². The topological polar surface area (TPSA) is 93.7 Å². The van der Waals surface area contributed by atoms with E-state index in [4.69, 9.17) is 0 Å². The number of quaternary nitrogens is 1. The molecule has 0 spiro atoms. The van der Waals surface area contributed by atoms with E-state index in [1.165, 1.54) is 0 Å². The van der Waals surface area contributed by atoms with Crippen LogP contribution in [-0.2, 0) is 10.1 Å². The summed E-state index contributed by atoms with van der Waals surface area (Å²) in [5.74, 6) is -5.20. The maximum Gasteiger partial charge on any atom is 0.396 e. The molecule has 0 aromatic heterocycles. The Labute approximate surface area is 104 Å². The van der Waals surface area contributed by atoms with E-state index < -0.39 is 53.2 Å². The van der Waals surface area contributed by atoms with Gasteiger partial charge >= 0.3 is 17.4 Å². The second kappa shape index (κ2) is 6.22. The van der Waals surface area contributed by atoms with Gasteiger partial charge < -0.3 is 10.7 Å². The summed E-state index contributed by atoms with van der Waals surface area (Å²) in [7, 11) is -6.58. The fourth-order valence-corrected chi connectivity index (χ4v) is 1.47. The van der Waals surface area contributed by atoms with E-state index in [0.717, 1.165) is 0 Å². The second-order valence-corrected chi connectivity index (χ2v) is 4.92. The third-order valence-electron chi connectivity index (χ3n) is 1.94. The van der Waals surface area contributed by atoms with Gasteiger partial charge in [0.05, 0.1) is 0 Å². The zero-order valence-corrected chi connectivity index (χ0v) is 10.4. The second-order valence-electron chi connectivity index (χ2n) is 3.50. The molecule has 0 atom stereocenters. The highest BCUT2D eigenvalue weighted by atomic mass is 32.2. The molecule has 0 heterocycles. The Balaban J connectivity index is 0. The highest BCUT2D eigenvalue weighted by molar-refractivity contribution is 7.86. The average molecular weight is 323 g/mol. The standard InChI is InChI=1S/C7H9F7O3S.H3N/c8-5(9,7(13,14)18(15,16)17)3-1-2-4-6(10,11)12;/h1-4H2,(H,15,16,17);1H3. The van der Waals surface area contributed by atoms with E-state index in [-0.39, 0.29) is 6.15 Å². The van der Waals surface area contributed by atoms with E-state index in [9.17, 15) is 43.7 Å². The predicted molar refractivity (Wildman–Crippen MR) is 50.1 cm³/mol. The summed E-state index contributed by atoms with van der Waals surface area (Å²) in [6.07, 6.45) is -9.76. The van der Waals surface area contributed by atoms with Gasteiger partial charge in [-0.2, -0.15) is 30.7 Å². The van der Waals surface area contributed by atoms with Gasteiger partial charge in [0.1, 0.15) is 0 Å². The molecule has 0 bridgehead atoms. The van der Waals surface area contributed by atoms with Gasteiger partial charge in [0.2, 0.25) is 0 Å². The lowest BCUT2D eigenvalue weighted by molar-refractivity contribution is -0.167. The molecular formula is C7H12F7NO3S. The van der Waals surface area contributed by atoms with E-state index >= 15 is 0 Å². The molecule has 0 amide bonds. The average Bonchev–Trinajstić information content (AvgIpc) is 2.09. The van der Waals surface area contributed by atoms with Gasteiger partial charge in [0.25, 0.3) is 0 Å². The number of hydrogen-bond donors (Lipinski definition) is 1. The Morgan fingerprint density at radius 3 is 1.53 bits per heavy atom. The van der Waals surface area contributed by atoms with Crippen LogP contribution in [0.1, 0.15) is 25.7 Å². The van der Waals surface area contributed by atoms with Gasteiger partial charge in [-0.05, 0) is 12.8 Å². The maximum atomic E-state index is 12.7. The third kappa shape index (κ3) is 5.91. The molecule has 0 aliphatic carbocycles. The first-order chi connectivity index (χ1) is 7.71. The van der Waals surface area contributed by atoms with Crippen molar-refractivity contribution in [2.24, 2.45) is 0 Å². The molecule has 4 nitrogen and oxygen atoms in total. The molecule has 12 heteroatoms. The van der Waals surface area contributed by atoms with Crippen LogP contribution in [0.5, 0.6) is 0 Å². The molecule has 0 aromatic carbocycles. The van der Waals surface area contributed by atoms with Crippen LogP contribution >= 0.6 is 0 Å². The third-order valence-corrected chi connectivity index (χ3v) is 2.87. The number of halogens is 7. The van der Waals surface area contributed by atoms with Crippen LogP contribution in [0, 0.1) is 0 Å². The van der Waals surface area contributed by atoms with E-state index in [0.29, 0.717) is 0 Å². The number of unbranched alkanes of at least 4 members (excludes halogenated alkanes) is 1. The van der Waals surface area contributed by atoms with Crippen molar-refractivity contribution >= 4 is 10.1 Å². The van der Waals surface area contributed by atoms with Crippen molar-refractivity contribution in [3.8, 4) is 0 Å². The lowest BCUT2D eigenvalue weighted by atomic mass is 10.1. The first kappa shape index (κ1) is 20.7. The van der Waals surface area contributed by atoms with Crippen molar-refractivity contribution in [3.05, 3.63) is 0 Å². The van der Waals surface area contributed by atoms with Crippen molar-refractivity contribution in [2.75, 3.05) is 0 Å². The molecule has 0 radical (unpaired) electrons. The normalized spacial score (nSPS) is 14.1. The van der Waals surface area contributed by atoms with Gasteiger partial charge in [0, 0.05) is 12.8 Å². The van der Waals surface area contributed by atoms with Crippen molar-refractivity contribution in [3.63, 3.8) is 0 Å². The first-order valence-electron chi connectivity index (χ1n) is 4.48. The summed E-state index contributed by atoms with van der Waals surface area (Å²) in [6.45, 7) is 0. The molecule has 0 saturated heterocycles. The molecule has 4 N–H and O–H groups in total. The summed E-state index contributed by atoms with van der Waals surface area (Å²) >= 11 is 0. The van der Waals surface area contributed by atoms with Gasteiger partial charge in [-0.25, -0.2) is 8.42 Å². The molecule has 19 heavy (non-hydrogen) atoms. The lowest BCUT2D eigenvalue weighted by Gasteiger charge is -2.28. The molecule has 0 aliphatic heterocycles. The molecule has 0 aromatic rings. The Bertz CT molecular complexity index is 379. The van der Waals surface area contributed by atoms with E-state index in [1.807, 2.05) is 0 Å². The van der Waals surface area contributed by atoms with Gasteiger partial charge in [-0.3, -0.25) is 0 Å². The van der Waals surface area contributed by atoms with E-state index in [1.54, 1.807) is 0 Å². The van der Waals surface area contributed by atoms with Crippen LogP contribution in [0.3, 0.4) is 0 Å². The van der Waals surface area contributed by atoms with Crippen molar-refractivity contribution < 1.29 is 43.7 Å². The fraction of sp³-hybridized carbons (Fsp3) is 1.00. The molecule has 0 saturated carbocycles. The first-order valence-corrected chi connectivity index (χ1v) is 5.89. The maximum absolute atomic E-state index is 12.7. The molecule has 118 valence electrons. The Morgan fingerprint density at radius 2 is 1.21 bits per heavy atom. The summed E-state index contributed by atoms with van der Waals surface area (Å²) in [5.41, 5.74) is 0. The Kier molecular flexibility index (Phi) is 6.77. The van der Waals surface area contributed by atoms with Crippen molar-refractivity contribution in [1.82, 2.24) is 6.15 Å². The highest BCUT2D eigenvalue weighted by Crippen LogP contribution is 2.41. The van der Waals surface area contributed by atoms with Crippen molar-refractivity contribution in [2.45, 2.75) is 43.0 Å². The van der Waals surface area contributed by atoms with Gasteiger partial charge in [0.15, 0.2) is 10.1 Å². The molecule has 0 rings (SSSR count). The van der Waals surface area contributed by atoms with Crippen LogP contribution in [0.25, 0.3) is 0 Å². The zero-order chi connectivity index (χ0) is 14.8. The van der Waals surface area contributed by atoms with Crippen molar-refractivity contribution in [1.29, 1.82) is 0 Å². The van der Waals surface area contributed by atoms with Crippen LogP contribution in [-0.4, -0.2) is 30.3 Å². The number of alkyl halides is 7.